The van der Waals surface area contributed by atoms with E-state index in [9.17, 15) is 0 Å². The lowest BCUT2D eigenvalue weighted by atomic mass is 10.1. The Morgan fingerprint density at radius 3 is 2.71 bits per heavy atom. The molecule has 1 heterocycles. The summed E-state index contributed by atoms with van der Waals surface area (Å²) in [7, 11) is 0. The second-order valence-electron chi connectivity index (χ2n) is 5.66. The van der Waals surface area contributed by atoms with E-state index in [-0.39, 0.29) is 0 Å². The number of hydrogen-bond acceptors (Lipinski definition) is 3. The molecule has 0 aromatic rings. The first kappa shape index (κ1) is 15.3. The van der Waals surface area contributed by atoms with Gasteiger partial charge in [-0.1, -0.05) is 27.7 Å². The molecule has 0 radical (unpaired) electrons. The van der Waals surface area contributed by atoms with Gasteiger partial charge in [0, 0.05) is 29.6 Å². The fraction of sp³-hybridized carbons (Fsp3) is 1.00. The highest BCUT2D eigenvalue weighted by Gasteiger charge is 2.26. The molecule has 1 unspecified atom stereocenters. The Hall–Kier alpha value is 0.270. The van der Waals surface area contributed by atoms with Crippen molar-refractivity contribution < 1.29 is 0 Å². The summed E-state index contributed by atoms with van der Waals surface area (Å²) in [4.78, 5) is 2.70. The van der Waals surface area contributed by atoms with Crippen molar-refractivity contribution in [2.24, 2.45) is 0 Å². The van der Waals surface area contributed by atoms with Crippen LogP contribution >= 0.6 is 11.8 Å². The number of rotatable bonds is 6. The molecule has 102 valence electrons. The van der Waals surface area contributed by atoms with Crippen LogP contribution in [-0.2, 0) is 0 Å². The van der Waals surface area contributed by atoms with Crippen LogP contribution in [-0.4, -0.2) is 47.6 Å². The number of thioether (sulfide) groups is 1. The Bertz CT molecular complexity index is 206. The number of nitrogens with zero attached hydrogens (tertiary/aromatic N) is 1. The van der Waals surface area contributed by atoms with Crippen molar-refractivity contribution in [2.45, 2.75) is 57.7 Å². The molecule has 1 atom stereocenters. The predicted octanol–water partition coefficient (Wildman–Crippen LogP) is 2.98. The minimum atomic E-state index is 0.476. The molecule has 3 heteroatoms. The lowest BCUT2D eigenvalue weighted by Gasteiger charge is -2.30. The summed E-state index contributed by atoms with van der Waals surface area (Å²) in [6, 6.07) is 0.732. The summed E-state index contributed by atoms with van der Waals surface area (Å²) in [6.07, 6.45) is 3.82. The monoisotopic (exact) mass is 258 g/mol. The van der Waals surface area contributed by atoms with E-state index in [1.54, 1.807) is 0 Å². The van der Waals surface area contributed by atoms with Crippen LogP contribution in [0.2, 0.25) is 0 Å². The van der Waals surface area contributed by atoms with Gasteiger partial charge in [-0.05, 0) is 32.4 Å². The van der Waals surface area contributed by atoms with Gasteiger partial charge in [-0.2, -0.15) is 11.8 Å². The molecule has 0 saturated carbocycles. The molecule has 1 aliphatic rings. The molecule has 1 fully saturated rings. The largest absolute Gasteiger partial charge is 0.315 e. The van der Waals surface area contributed by atoms with Gasteiger partial charge in [0.25, 0.3) is 0 Å². The molecule has 1 aliphatic heterocycles. The summed E-state index contributed by atoms with van der Waals surface area (Å²) in [5, 5.41) is 3.58. The zero-order valence-electron chi connectivity index (χ0n) is 12.1. The van der Waals surface area contributed by atoms with Crippen molar-refractivity contribution in [2.75, 3.05) is 31.9 Å². The third kappa shape index (κ3) is 5.62. The zero-order chi connectivity index (χ0) is 12.7. The van der Waals surface area contributed by atoms with Crippen molar-refractivity contribution in [1.82, 2.24) is 10.2 Å². The first-order valence-corrected chi connectivity index (χ1v) is 8.16. The SMILES string of the molecule is CCCNCC(CC)N1CCSC(C)(C)CC1. The Balaban J connectivity index is 2.40. The Morgan fingerprint density at radius 1 is 1.29 bits per heavy atom. The fourth-order valence-electron chi connectivity index (χ4n) is 2.38. The minimum absolute atomic E-state index is 0.476. The number of nitrogens with one attached hydrogen (secondary N) is 1. The molecule has 0 bridgehead atoms. The van der Waals surface area contributed by atoms with E-state index in [0.717, 1.165) is 19.1 Å². The third-order valence-electron chi connectivity index (χ3n) is 3.67. The van der Waals surface area contributed by atoms with E-state index in [1.165, 1.54) is 38.1 Å². The van der Waals surface area contributed by atoms with E-state index < -0.39 is 0 Å². The van der Waals surface area contributed by atoms with Crippen LogP contribution in [0.3, 0.4) is 0 Å². The lowest BCUT2D eigenvalue weighted by molar-refractivity contribution is 0.195. The fourth-order valence-corrected chi connectivity index (χ4v) is 3.49. The van der Waals surface area contributed by atoms with E-state index in [4.69, 9.17) is 0 Å². The molecule has 0 amide bonds. The Kier molecular flexibility index (Phi) is 6.90. The maximum Gasteiger partial charge on any atom is 0.0218 e. The zero-order valence-corrected chi connectivity index (χ0v) is 12.9. The van der Waals surface area contributed by atoms with Crippen LogP contribution in [0.5, 0.6) is 0 Å². The van der Waals surface area contributed by atoms with Gasteiger partial charge in [-0.3, -0.25) is 4.90 Å². The van der Waals surface area contributed by atoms with Gasteiger partial charge >= 0.3 is 0 Å². The van der Waals surface area contributed by atoms with Gasteiger partial charge in [-0.15, -0.1) is 0 Å². The van der Waals surface area contributed by atoms with Crippen molar-refractivity contribution in [3.05, 3.63) is 0 Å². The topological polar surface area (TPSA) is 15.3 Å². The second-order valence-corrected chi connectivity index (χ2v) is 7.46. The molecular weight excluding hydrogens is 228 g/mol. The molecule has 1 N–H and O–H groups in total. The summed E-state index contributed by atoms with van der Waals surface area (Å²) < 4.78 is 0.476. The van der Waals surface area contributed by atoms with Crippen molar-refractivity contribution in [3.8, 4) is 0 Å². The van der Waals surface area contributed by atoms with E-state index >= 15 is 0 Å². The van der Waals surface area contributed by atoms with E-state index in [0.29, 0.717) is 4.75 Å². The van der Waals surface area contributed by atoms with Gasteiger partial charge < -0.3 is 5.32 Å². The van der Waals surface area contributed by atoms with Gasteiger partial charge in [0.1, 0.15) is 0 Å². The second kappa shape index (κ2) is 7.65. The maximum absolute atomic E-state index is 3.58. The van der Waals surface area contributed by atoms with E-state index in [1.807, 2.05) is 0 Å². The van der Waals surface area contributed by atoms with Crippen LogP contribution in [0.1, 0.15) is 47.0 Å². The molecule has 17 heavy (non-hydrogen) atoms. The van der Waals surface area contributed by atoms with Crippen LogP contribution < -0.4 is 5.32 Å². The average molecular weight is 258 g/mol. The Morgan fingerprint density at radius 2 is 2.06 bits per heavy atom. The van der Waals surface area contributed by atoms with Crippen LogP contribution in [0.25, 0.3) is 0 Å². The quantitative estimate of drug-likeness (QED) is 0.737. The molecule has 0 aromatic heterocycles. The minimum Gasteiger partial charge on any atom is -0.315 e. The van der Waals surface area contributed by atoms with Gasteiger partial charge in [0.05, 0.1) is 0 Å². The van der Waals surface area contributed by atoms with Gasteiger partial charge in [0.15, 0.2) is 0 Å². The third-order valence-corrected chi connectivity index (χ3v) is 5.04. The van der Waals surface area contributed by atoms with Crippen LogP contribution in [0.4, 0.5) is 0 Å². The first-order valence-electron chi connectivity index (χ1n) is 7.17. The van der Waals surface area contributed by atoms with Crippen LogP contribution in [0.15, 0.2) is 0 Å². The molecule has 0 spiro atoms. The highest BCUT2D eigenvalue weighted by Crippen LogP contribution is 2.31. The molecule has 2 nitrogen and oxygen atoms in total. The van der Waals surface area contributed by atoms with Gasteiger partial charge in [0.2, 0.25) is 0 Å². The molecular formula is C14H30N2S. The lowest BCUT2D eigenvalue weighted by Crippen LogP contribution is -2.43. The number of hydrogen-bond donors (Lipinski definition) is 1. The normalized spacial score (nSPS) is 23.3. The maximum atomic E-state index is 3.58. The molecule has 1 saturated heterocycles. The first-order chi connectivity index (χ1) is 8.09. The summed E-state index contributed by atoms with van der Waals surface area (Å²) >= 11 is 2.14. The van der Waals surface area contributed by atoms with Crippen LogP contribution in [0, 0.1) is 0 Å². The molecule has 0 aromatic carbocycles. The molecule has 0 aliphatic carbocycles. The van der Waals surface area contributed by atoms with Crippen molar-refractivity contribution >= 4 is 11.8 Å². The summed E-state index contributed by atoms with van der Waals surface area (Å²) in [5.41, 5.74) is 0. The highest BCUT2D eigenvalue weighted by atomic mass is 32.2. The van der Waals surface area contributed by atoms with Crippen molar-refractivity contribution in [1.29, 1.82) is 0 Å². The summed E-state index contributed by atoms with van der Waals surface area (Å²) in [5.74, 6) is 1.29. The Labute approximate surface area is 112 Å². The van der Waals surface area contributed by atoms with Crippen molar-refractivity contribution in [3.63, 3.8) is 0 Å². The average Bonchev–Trinajstić information content (AvgIpc) is 2.46. The summed E-state index contributed by atoms with van der Waals surface area (Å²) in [6.45, 7) is 14.2. The standard InChI is InChI=1S/C14H30N2S/c1-5-8-15-12-13(6-2)16-9-7-14(3,4)17-11-10-16/h13,15H,5-12H2,1-4H3. The van der Waals surface area contributed by atoms with Gasteiger partial charge in [-0.25, -0.2) is 0 Å². The predicted molar refractivity (Wildman–Crippen MR) is 80.0 cm³/mol. The highest BCUT2D eigenvalue weighted by molar-refractivity contribution is 8.00. The molecule has 1 rings (SSSR count). The van der Waals surface area contributed by atoms with E-state index in [2.05, 4.69) is 49.7 Å². The smallest absolute Gasteiger partial charge is 0.0218 e.